The van der Waals surface area contributed by atoms with Gasteiger partial charge in [0.25, 0.3) is 5.91 Å². The Morgan fingerprint density at radius 2 is 2.06 bits per heavy atom. The van der Waals surface area contributed by atoms with Crippen LogP contribution in [0.15, 0.2) is 27.7 Å². The van der Waals surface area contributed by atoms with Crippen molar-refractivity contribution < 1.29 is 4.79 Å². The van der Waals surface area contributed by atoms with E-state index in [4.69, 9.17) is 0 Å². The van der Waals surface area contributed by atoms with E-state index in [2.05, 4.69) is 20.9 Å². The number of para-hydroxylation sites is 1. The second-order valence-corrected chi connectivity index (χ2v) is 7.06. The summed E-state index contributed by atoms with van der Waals surface area (Å²) in [6, 6.07) is 6.01. The van der Waals surface area contributed by atoms with E-state index in [1.807, 2.05) is 50.6 Å². The Kier molecular flexibility index (Phi) is 3.47. The summed E-state index contributed by atoms with van der Waals surface area (Å²) >= 11 is 5.05. The third-order valence-corrected chi connectivity index (χ3v) is 4.35. The first-order valence-corrected chi connectivity index (χ1v) is 7.25. The molecule has 0 N–H and O–H groups in total. The Hall–Kier alpha value is -0.940. The number of aromatic nitrogens is 1. The largest absolute Gasteiger partial charge is 0.318 e. The molecule has 0 radical (unpaired) electrons. The van der Waals surface area contributed by atoms with Gasteiger partial charge in [-0.25, -0.2) is 0 Å². The topological polar surface area (TPSA) is 34.4 Å². The van der Waals surface area contributed by atoms with Crippen molar-refractivity contribution in [2.24, 2.45) is 17.5 Å². The predicted octanol–water partition coefficient (Wildman–Crippen LogP) is 3.48. The second-order valence-electron chi connectivity index (χ2n) is 5.20. The van der Waals surface area contributed by atoms with Gasteiger partial charge in [-0.15, -0.1) is 0 Å². The molecule has 18 heavy (non-hydrogen) atoms. The standard InChI is InChI=1S/C13H15BrN2OS/c1-13(2,3)11(17)15-12-16(4)10-8(14)6-5-7-9(10)18-12/h5-7H,1-4H3. The van der Waals surface area contributed by atoms with E-state index < -0.39 is 5.41 Å². The highest BCUT2D eigenvalue weighted by molar-refractivity contribution is 9.10. The molecule has 0 bridgehead atoms. The van der Waals surface area contributed by atoms with Crippen LogP contribution in [0.1, 0.15) is 20.8 Å². The smallest absolute Gasteiger partial charge is 0.253 e. The number of hydrogen-bond acceptors (Lipinski definition) is 2. The van der Waals surface area contributed by atoms with Gasteiger partial charge in [-0.2, -0.15) is 4.99 Å². The van der Waals surface area contributed by atoms with Crippen molar-refractivity contribution in [2.45, 2.75) is 20.8 Å². The molecule has 0 fully saturated rings. The maximum absolute atomic E-state index is 12.0. The number of aryl methyl sites for hydroxylation is 1. The molecule has 0 atom stereocenters. The van der Waals surface area contributed by atoms with Gasteiger partial charge in [0.2, 0.25) is 0 Å². The van der Waals surface area contributed by atoms with Gasteiger partial charge in [0.15, 0.2) is 4.80 Å². The van der Waals surface area contributed by atoms with Crippen LogP contribution in [0.2, 0.25) is 0 Å². The molecule has 5 heteroatoms. The molecular formula is C13H15BrN2OS. The molecule has 0 aliphatic carbocycles. The van der Waals surface area contributed by atoms with E-state index in [0.717, 1.165) is 19.5 Å². The van der Waals surface area contributed by atoms with Gasteiger partial charge in [0.1, 0.15) is 0 Å². The van der Waals surface area contributed by atoms with E-state index in [-0.39, 0.29) is 5.91 Å². The number of carbonyl (C=O) groups excluding carboxylic acids is 1. The number of amides is 1. The van der Waals surface area contributed by atoms with Gasteiger partial charge in [-0.3, -0.25) is 4.79 Å². The molecule has 0 aliphatic rings. The number of benzene rings is 1. The Morgan fingerprint density at radius 3 is 2.61 bits per heavy atom. The lowest BCUT2D eigenvalue weighted by atomic mass is 9.96. The molecular weight excluding hydrogens is 312 g/mol. The van der Waals surface area contributed by atoms with Crippen molar-refractivity contribution in [3.05, 3.63) is 27.5 Å². The number of thiazole rings is 1. The zero-order valence-electron chi connectivity index (χ0n) is 10.8. The summed E-state index contributed by atoms with van der Waals surface area (Å²) in [5.41, 5.74) is 0.628. The lowest BCUT2D eigenvalue weighted by Crippen LogP contribution is -2.22. The van der Waals surface area contributed by atoms with Crippen molar-refractivity contribution >= 4 is 43.4 Å². The number of halogens is 1. The SMILES string of the molecule is Cn1c(=NC(=O)C(C)(C)C)sc2cccc(Br)c21. The first-order chi connectivity index (χ1) is 8.30. The zero-order chi connectivity index (χ0) is 13.5. The van der Waals surface area contributed by atoms with Crippen LogP contribution in [0.5, 0.6) is 0 Å². The van der Waals surface area contributed by atoms with E-state index in [1.165, 1.54) is 11.3 Å². The minimum atomic E-state index is -0.444. The molecule has 1 aromatic heterocycles. The fourth-order valence-corrected chi connectivity index (χ4v) is 3.33. The van der Waals surface area contributed by atoms with E-state index >= 15 is 0 Å². The summed E-state index contributed by atoms with van der Waals surface area (Å²) in [6.07, 6.45) is 0. The van der Waals surface area contributed by atoms with Crippen LogP contribution >= 0.6 is 27.3 Å². The summed E-state index contributed by atoms with van der Waals surface area (Å²) in [5, 5.41) is 0. The Labute approximate surface area is 118 Å². The minimum absolute atomic E-state index is 0.0965. The van der Waals surface area contributed by atoms with Crippen molar-refractivity contribution in [2.75, 3.05) is 0 Å². The molecule has 1 heterocycles. The summed E-state index contributed by atoms with van der Waals surface area (Å²) in [5.74, 6) is -0.0965. The summed E-state index contributed by atoms with van der Waals surface area (Å²) in [6.45, 7) is 5.63. The number of rotatable bonds is 0. The summed E-state index contributed by atoms with van der Waals surface area (Å²) in [4.78, 5) is 16.9. The second kappa shape index (κ2) is 4.63. The van der Waals surface area contributed by atoms with Crippen LogP contribution in [-0.4, -0.2) is 10.5 Å². The highest BCUT2D eigenvalue weighted by atomic mass is 79.9. The first kappa shape index (κ1) is 13.5. The number of carbonyl (C=O) groups is 1. The molecule has 2 aromatic rings. The third kappa shape index (κ3) is 2.42. The van der Waals surface area contributed by atoms with Crippen LogP contribution in [0.4, 0.5) is 0 Å². The number of nitrogens with zero attached hydrogens (tertiary/aromatic N) is 2. The first-order valence-electron chi connectivity index (χ1n) is 5.64. The summed E-state index contributed by atoms with van der Waals surface area (Å²) < 4.78 is 4.09. The molecule has 0 aliphatic heterocycles. The van der Waals surface area contributed by atoms with Crippen molar-refractivity contribution in [1.82, 2.24) is 4.57 Å². The molecule has 0 saturated heterocycles. The number of fused-ring (bicyclic) bond motifs is 1. The van der Waals surface area contributed by atoms with Crippen molar-refractivity contribution in [1.29, 1.82) is 0 Å². The zero-order valence-corrected chi connectivity index (χ0v) is 13.2. The predicted molar refractivity (Wildman–Crippen MR) is 78.5 cm³/mol. The molecule has 0 unspecified atom stereocenters. The third-order valence-electron chi connectivity index (χ3n) is 2.61. The average molecular weight is 327 g/mol. The fraction of sp³-hybridized carbons (Fsp3) is 0.385. The fourth-order valence-electron chi connectivity index (χ4n) is 1.52. The van der Waals surface area contributed by atoms with Gasteiger partial charge < -0.3 is 4.57 Å². The Bertz CT molecular complexity index is 676. The van der Waals surface area contributed by atoms with Crippen LogP contribution in [0.25, 0.3) is 10.2 Å². The van der Waals surface area contributed by atoms with E-state index in [1.54, 1.807) is 0 Å². The van der Waals surface area contributed by atoms with Gasteiger partial charge in [-0.1, -0.05) is 38.2 Å². The molecule has 0 spiro atoms. The van der Waals surface area contributed by atoms with Gasteiger partial charge in [0.05, 0.1) is 10.2 Å². The minimum Gasteiger partial charge on any atom is -0.318 e. The Morgan fingerprint density at radius 1 is 1.39 bits per heavy atom. The highest BCUT2D eigenvalue weighted by Crippen LogP contribution is 2.25. The van der Waals surface area contributed by atoms with Gasteiger partial charge in [-0.05, 0) is 28.1 Å². The van der Waals surface area contributed by atoms with Crippen LogP contribution in [0, 0.1) is 5.41 Å². The monoisotopic (exact) mass is 326 g/mol. The molecule has 1 amide bonds. The van der Waals surface area contributed by atoms with Crippen molar-refractivity contribution in [3.63, 3.8) is 0 Å². The molecule has 1 aromatic carbocycles. The van der Waals surface area contributed by atoms with Crippen molar-refractivity contribution in [3.8, 4) is 0 Å². The normalized spacial score (nSPS) is 13.3. The van der Waals surface area contributed by atoms with Crippen LogP contribution < -0.4 is 4.80 Å². The molecule has 0 saturated carbocycles. The van der Waals surface area contributed by atoms with Crippen LogP contribution in [-0.2, 0) is 11.8 Å². The van der Waals surface area contributed by atoms with Crippen LogP contribution in [0.3, 0.4) is 0 Å². The van der Waals surface area contributed by atoms with E-state index in [9.17, 15) is 4.79 Å². The number of hydrogen-bond donors (Lipinski definition) is 0. The Balaban J connectivity index is 2.67. The average Bonchev–Trinajstić information content (AvgIpc) is 2.56. The maximum atomic E-state index is 12.0. The highest BCUT2D eigenvalue weighted by Gasteiger charge is 2.21. The maximum Gasteiger partial charge on any atom is 0.253 e. The molecule has 96 valence electrons. The van der Waals surface area contributed by atoms with Gasteiger partial charge >= 0.3 is 0 Å². The van der Waals surface area contributed by atoms with E-state index in [0.29, 0.717) is 0 Å². The quantitative estimate of drug-likeness (QED) is 0.729. The molecule has 3 nitrogen and oxygen atoms in total. The van der Waals surface area contributed by atoms with Gasteiger partial charge in [0, 0.05) is 16.9 Å². The lowest BCUT2D eigenvalue weighted by molar-refractivity contribution is -0.125. The molecule has 2 rings (SSSR count). The lowest BCUT2D eigenvalue weighted by Gasteiger charge is -2.11. The summed E-state index contributed by atoms with van der Waals surface area (Å²) in [7, 11) is 1.93.